The summed E-state index contributed by atoms with van der Waals surface area (Å²) in [5, 5.41) is 4.22. The summed E-state index contributed by atoms with van der Waals surface area (Å²) in [4.78, 5) is 12.3. The zero-order valence-corrected chi connectivity index (χ0v) is 12.3. The third-order valence-corrected chi connectivity index (χ3v) is 3.26. The van der Waals surface area contributed by atoms with E-state index < -0.39 is 0 Å². The number of hydrogen-bond donors (Lipinski definition) is 1. The molecule has 0 radical (unpaired) electrons. The molecule has 1 heterocycles. The van der Waals surface area contributed by atoms with E-state index in [1.807, 2.05) is 13.8 Å². The van der Waals surface area contributed by atoms with Crippen LogP contribution in [0.5, 0.6) is 5.75 Å². The monoisotopic (exact) mass is 267 g/mol. The minimum atomic E-state index is 0.0897. The van der Waals surface area contributed by atoms with Crippen LogP contribution < -0.4 is 10.5 Å². The number of carbonyl (C=O) groups excluding carboxylic acids is 1. The molecule has 0 saturated carbocycles. The van der Waals surface area contributed by atoms with Crippen LogP contribution in [-0.2, 0) is 0 Å². The van der Waals surface area contributed by atoms with E-state index in [1.165, 1.54) is 0 Å². The molecule has 0 aliphatic rings. The lowest BCUT2D eigenvalue weighted by molar-refractivity contribution is 0.0958. The second-order valence-electron chi connectivity index (χ2n) is 5.24. The largest absolute Gasteiger partial charge is 0.493 e. The molecule has 0 aliphatic heterocycles. The Balaban J connectivity index is 2.78. The lowest BCUT2D eigenvalue weighted by atomic mass is 9.99. The summed E-state index contributed by atoms with van der Waals surface area (Å²) in [7, 11) is 1.56. The van der Waals surface area contributed by atoms with Gasteiger partial charge in [0.05, 0.1) is 13.3 Å². The first-order chi connectivity index (χ1) is 9.01. The average Bonchev–Trinajstić information content (AvgIpc) is 2.80. The molecule has 0 bridgehead atoms. The summed E-state index contributed by atoms with van der Waals surface area (Å²) in [6, 6.07) is 0.143. The Morgan fingerprint density at radius 2 is 2.11 bits per heavy atom. The minimum Gasteiger partial charge on any atom is -0.493 e. The van der Waals surface area contributed by atoms with Crippen molar-refractivity contribution in [2.45, 2.75) is 46.1 Å². The fourth-order valence-electron chi connectivity index (χ4n) is 2.08. The summed E-state index contributed by atoms with van der Waals surface area (Å²) in [6.45, 7) is 6.79. The zero-order chi connectivity index (χ0) is 14.4. The van der Waals surface area contributed by atoms with Gasteiger partial charge in [-0.1, -0.05) is 6.92 Å². The molecule has 5 nitrogen and oxygen atoms in total. The normalized spacial score (nSPS) is 12.7. The zero-order valence-electron chi connectivity index (χ0n) is 12.3. The van der Waals surface area contributed by atoms with Crippen molar-refractivity contribution in [3.05, 3.63) is 11.9 Å². The number of nitrogens with two attached hydrogens (primary N) is 1. The lowest BCUT2D eigenvalue weighted by Crippen LogP contribution is -2.15. The van der Waals surface area contributed by atoms with Crippen molar-refractivity contribution in [3.8, 4) is 5.75 Å². The van der Waals surface area contributed by atoms with Crippen molar-refractivity contribution >= 4 is 5.78 Å². The Morgan fingerprint density at radius 3 is 2.63 bits per heavy atom. The van der Waals surface area contributed by atoms with Gasteiger partial charge >= 0.3 is 0 Å². The molecule has 0 aromatic carbocycles. The van der Waals surface area contributed by atoms with Gasteiger partial charge in [-0.15, -0.1) is 0 Å². The Bertz CT molecular complexity index is 413. The topological polar surface area (TPSA) is 70.1 Å². The average molecular weight is 267 g/mol. The Hall–Kier alpha value is -1.36. The van der Waals surface area contributed by atoms with Crippen LogP contribution in [0, 0.1) is 5.92 Å². The van der Waals surface area contributed by atoms with Gasteiger partial charge in [0.2, 0.25) is 0 Å². The molecule has 0 amide bonds. The number of Topliss-reactive ketones (excluding diaryl/α,β-unsaturated/α-hetero) is 1. The Morgan fingerprint density at radius 1 is 1.42 bits per heavy atom. The molecule has 0 aliphatic carbocycles. The standard InChI is InChI=1S/C14H25N3O2/c1-10(2)17-14(13(19-4)9-16-17)12(18)6-5-11(3)7-8-15/h9-11H,5-8,15H2,1-4H3. The van der Waals surface area contributed by atoms with Crippen LogP contribution >= 0.6 is 0 Å². The first kappa shape index (κ1) is 15.7. The molecule has 1 unspecified atom stereocenters. The molecular weight excluding hydrogens is 242 g/mol. The van der Waals surface area contributed by atoms with Crippen molar-refractivity contribution in [1.82, 2.24) is 9.78 Å². The Kier molecular flexibility index (Phi) is 6.02. The molecule has 1 atom stereocenters. The number of rotatable bonds is 8. The third kappa shape index (κ3) is 4.06. The molecule has 1 aromatic heterocycles. The van der Waals surface area contributed by atoms with E-state index in [0.29, 0.717) is 30.3 Å². The second kappa shape index (κ2) is 7.28. The van der Waals surface area contributed by atoms with Gasteiger partial charge in [0.15, 0.2) is 11.5 Å². The fourth-order valence-corrected chi connectivity index (χ4v) is 2.08. The van der Waals surface area contributed by atoms with E-state index in [0.717, 1.165) is 12.8 Å². The van der Waals surface area contributed by atoms with Crippen LogP contribution in [0.3, 0.4) is 0 Å². The van der Waals surface area contributed by atoms with Gasteiger partial charge in [-0.2, -0.15) is 5.10 Å². The fraction of sp³-hybridized carbons (Fsp3) is 0.714. The van der Waals surface area contributed by atoms with Gasteiger partial charge in [0, 0.05) is 12.5 Å². The highest BCUT2D eigenvalue weighted by Gasteiger charge is 2.21. The van der Waals surface area contributed by atoms with E-state index in [1.54, 1.807) is 18.0 Å². The van der Waals surface area contributed by atoms with Crippen molar-refractivity contribution in [2.24, 2.45) is 11.7 Å². The molecule has 19 heavy (non-hydrogen) atoms. The summed E-state index contributed by atoms with van der Waals surface area (Å²) in [6.07, 6.45) is 3.92. The maximum Gasteiger partial charge on any atom is 0.184 e. The number of hydrogen-bond acceptors (Lipinski definition) is 4. The number of nitrogens with zero attached hydrogens (tertiary/aromatic N) is 2. The maximum absolute atomic E-state index is 12.3. The third-order valence-electron chi connectivity index (χ3n) is 3.26. The van der Waals surface area contributed by atoms with Crippen molar-refractivity contribution in [1.29, 1.82) is 0 Å². The smallest absolute Gasteiger partial charge is 0.184 e. The molecular formula is C14H25N3O2. The number of ether oxygens (including phenoxy) is 1. The lowest BCUT2D eigenvalue weighted by Gasteiger charge is -2.13. The molecule has 1 aromatic rings. The van der Waals surface area contributed by atoms with Crippen LogP contribution in [0.2, 0.25) is 0 Å². The molecule has 2 N–H and O–H groups in total. The van der Waals surface area contributed by atoms with E-state index >= 15 is 0 Å². The SMILES string of the molecule is COc1cnn(C(C)C)c1C(=O)CCC(C)CCN. The summed E-state index contributed by atoms with van der Waals surface area (Å²) in [5.41, 5.74) is 6.10. The van der Waals surface area contributed by atoms with Crippen molar-refractivity contribution in [3.63, 3.8) is 0 Å². The summed E-state index contributed by atoms with van der Waals surface area (Å²) >= 11 is 0. The van der Waals surface area contributed by atoms with Crippen LogP contribution in [0.15, 0.2) is 6.20 Å². The second-order valence-corrected chi connectivity index (χ2v) is 5.24. The van der Waals surface area contributed by atoms with E-state index in [9.17, 15) is 4.79 Å². The van der Waals surface area contributed by atoms with Gasteiger partial charge in [-0.05, 0) is 39.2 Å². The maximum atomic E-state index is 12.3. The van der Waals surface area contributed by atoms with Crippen LogP contribution in [0.25, 0.3) is 0 Å². The quantitative estimate of drug-likeness (QED) is 0.734. The van der Waals surface area contributed by atoms with Crippen LogP contribution in [0.1, 0.15) is 56.6 Å². The molecule has 0 fully saturated rings. The highest BCUT2D eigenvalue weighted by Crippen LogP contribution is 2.24. The predicted molar refractivity (Wildman–Crippen MR) is 75.6 cm³/mol. The predicted octanol–water partition coefficient (Wildman–Crippen LogP) is 2.42. The van der Waals surface area contributed by atoms with Gasteiger partial charge in [-0.3, -0.25) is 9.48 Å². The molecule has 5 heteroatoms. The van der Waals surface area contributed by atoms with Gasteiger partial charge in [0.25, 0.3) is 0 Å². The highest BCUT2D eigenvalue weighted by atomic mass is 16.5. The summed E-state index contributed by atoms with van der Waals surface area (Å²) < 4.78 is 6.96. The summed E-state index contributed by atoms with van der Waals surface area (Å²) in [5.74, 6) is 1.12. The molecule has 1 rings (SSSR count). The van der Waals surface area contributed by atoms with Gasteiger partial charge in [0.1, 0.15) is 5.69 Å². The molecule has 0 saturated heterocycles. The van der Waals surface area contributed by atoms with E-state index in [2.05, 4.69) is 12.0 Å². The molecule has 0 spiro atoms. The van der Waals surface area contributed by atoms with E-state index in [-0.39, 0.29) is 11.8 Å². The highest BCUT2D eigenvalue weighted by molar-refractivity contribution is 5.97. The van der Waals surface area contributed by atoms with Crippen LogP contribution in [0.4, 0.5) is 0 Å². The van der Waals surface area contributed by atoms with Crippen molar-refractivity contribution in [2.75, 3.05) is 13.7 Å². The van der Waals surface area contributed by atoms with Crippen LogP contribution in [-0.4, -0.2) is 29.2 Å². The Labute approximate surface area is 115 Å². The van der Waals surface area contributed by atoms with Gasteiger partial charge < -0.3 is 10.5 Å². The molecule has 108 valence electrons. The minimum absolute atomic E-state index is 0.0897. The van der Waals surface area contributed by atoms with Gasteiger partial charge in [-0.25, -0.2) is 0 Å². The first-order valence-electron chi connectivity index (χ1n) is 6.86. The van der Waals surface area contributed by atoms with Crippen molar-refractivity contribution < 1.29 is 9.53 Å². The van der Waals surface area contributed by atoms with E-state index in [4.69, 9.17) is 10.5 Å². The number of carbonyl (C=O) groups is 1. The first-order valence-corrected chi connectivity index (χ1v) is 6.86. The number of aromatic nitrogens is 2. The number of methoxy groups -OCH3 is 1. The number of ketones is 1.